The zero-order valence-electron chi connectivity index (χ0n) is 9.56. The Bertz CT molecular complexity index is 324. The SMILES string of the molecule is CCC(NCC1CCC=CO1)c1nccs1. The topological polar surface area (TPSA) is 34.1 Å². The minimum Gasteiger partial charge on any atom is -0.497 e. The Morgan fingerprint density at radius 2 is 2.62 bits per heavy atom. The average Bonchev–Trinajstić information content (AvgIpc) is 2.85. The lowest BCUT2D eigenvalue weighted by molar-refractivity contribution is 0.119. The number of ether oxygens (including phenoxy) is 1. The summed E-state index contributed by atoms with van der Waals surface area (Å²) in [6, 6.07) is 0.370. The van der Waals surface area contributed by atoms with Crippen LogP contribution in [0.15, 0.2) is 23.9 Å². The summed E-state index contributed by atoms with van der Waals surface area (Å²) in [4.78, 5) is 4.35. The molecule has 1 aromatic rings. The van der Waals surface area contributed by atoms with Gasteiger partial charge < -0.3 is 10.1 Å². The van der Waals surface area contributed by atoms with E-state index in [1.165, 1.54) is 5.01 Å². The minimum absolute atomic E-state index is 0.319. The summed E-state index contributed by atoms with van der Waals surface area (Å²) in [6.45, 7) is 3.09. The van der Waals surface area contributed by atoms with Gasteiger partial charge in [-0.3, -0.25) is 0 Å². The zero-order valence-corrected chi connectivity index (χ0v) is 10.4. The first-order valence-electron chi connectivity index (χ1n) is 5.83. The van der Waals surface area contributed by atoms with Crippen molar-refractivity contribution >= 4 is 11.3 Å². The highest BCUT2D eigenvalue weighted by Crippen LogP contribution is 2.19. The van der Waals surface area contributed by atoms with Crippen LogP contribution in [0.25, 0.3) is 0 Å². The van der Waals surface area contributed by atoms with Crippen molar-refractivity contribution in [1.29, 1.82) is 0 Å². The molecule has 1 aliphatic heterocycles. The Balaban J connectivity index is 1.81. The number of nitrogens with zero attached hydrogens (tertiary/aromatic N) is 1. The Morgan fingerprint density at radius 3 is 3.25 bits per heavy atom. The molecular formula is C12H18N2OS. The summed E-state index contributed by atoms with van der Waals surface area (Å²) in [5.74, 6) is 0. The standard InChI is InChI=1S/C12H18N2OS/c1-2-11(12-13-6-8-16-12)14-9-10-5-3-4-7-15-10/h4,6-8,10-11,14H,2-3,5,9H2,1H3. The van der Waals surface area contributed by atoms with Crippen molar-refractivity contribution in [2.45, 2.75) is 38.3 Å². The van der Waals surface area contributed by atoms with Gasteiger partial charge in [-0.15, -0.1) is 11.3 Å². The molecule has 0 saturated carbocycles. The summed E-state index contributed by atoms with van der Waals surface area (Å²) in [5.41, 5.74) is 0. The molecule has 2 atom stereocenters. The molecule has 0 bridgehead atoms. The first kappa shape index (κ1) is 11.6. The predicted octanol–water partition coefficient (Wildman–Crippen LogP) is 2.88. The fourth-order valence-electron chi connectivity index (χ4n) is 1.82. The molecule has 2 unspecified atom stereocenters. The van der Waals surface area contributed by atoms with Crippen molar-refractivity contribution in [1.82, 2.24) is 10.3 Å². The van der Waals surface area contributed by atoms with Crippen LogP contribution in [0.3, 0.4) is 0 Å². The zero-order chi connectivity index (χ0) is 11.2. The third-order valence-corrected chi connectivity index (χ3v) is 3.66. The molecule has 0 fully saturated rings. The molecule has 0 aromatic carbocycles. The van der Waals surface area contributed by atoms with Crippen LogP contribution in [-0.4, -0.2) is 17.6 Å². The van der Waals surface area contributed by atoms with Gasteiger partial charge >= 0.3 is 0 Å². The van der Waals surface area contributed by atoms with Crippen molar-refractivity contribution < 1.29 is 4.74 Å². The van der Waals surface area contributed by atoms with Gasteiger partial charge in [-0.05, 0) is 25.3 Å². The molecule has 0 radical (unpaired) electrons. The second-order valence-electron chi connectivity index (χ2n) is 3.95. The van der Waals surface area contributed by atoms with Crippen molar-refractivity contribution in [2.24, 2.45) is 0 Å². The third-order valence-electron chi connectivity index (χ3n) is 2.77. The molecule has 0 amide bonds. The normalized spacial score (nSPS) is 21.7. The van der Waals surface area contributed by atoms with Crippen LogP contribution in [0, 0.1) is 0 Å². The van der Waals surface area contributed by atoms with Gasteiger partial charge in [0.25, 0.3) is 0 Å². The lowest BCUT2D eigenvalue weighted by atomic mass is 10.1. The molecule has 4 heteroatoms. The second kappa shape index (κ2) is 6.01. The third kappa shape index (κ3) is 3.06. The average molecular weight is 238 g/mol. The Hall–Kier alpha value is -0.870. The van der Waals surface area contributed by atoms with Crippen molar-refractivity contribution in [3.05, 3.63) is 28.9 Å². The molecule has 0 aliphatic carbocycles. The highest BCUT2D eigenvalue weighted by molar-refractivity contribution is 7.09. The molecule has 1 N–H and O–H groups in total. The summed E-state index contributed by atoms with van der Waals surface area (Å²) in [5, 5.41) is 6.73. The van der Waals surface area contributed by atoms with E-state index >= 15 is 0 Å². The van der Waals surface area contributed by atoms with Gasteiger partial charge in [-0.1, -0.05) is 6.92 Å². The first-order valence-corrected chi connectivity index (χ1v) is 6.71. The number of aromatic nitrogens is 1. The van der Waals surface area contributed by atoms with Crippen LogP contribution < -0.4 is 5.32 Å². The van der Waals surface area contributed by atoms with Gasteiger partial charge in [-0.25, -0.2) is 4.98 Å². The summed E-state index contributed by atoms with van der Waals surface area (Å²) < 4.78 is 5.53. The second-order valence-corrected chi connectivity index (χ2v) is 4.87. The van der Waals surface area contributed by atoms with E-state index in [1.807, 2.05) is 17.8 Å². The Kier molecular flexibility index (Phi) is 4.36. The molecule has 16 heavy (non-hydrogen) atoms. The van der Waals surface area contributed by atoms with Crippen molar-refractivity contribution in [3.8, 4) is 0 Å². The molecule has 0 saturated heterocycles. The maximum absolute atomic E-state index is 5.53. The number of rotatable bonds is 5. The van der Waals surface area contributed by atoms with Gasteiger partial charge in [-0.2, -0.15) is 0 Å². The van der Waals surface area contributed by atoms with E-state index in [1.54, 1.807) is 11.3 Å². The lowest BCUT2D eigenvalue weighted by Gasteiger charge is -2.22. The molecule has 1 aromatic heterocycles. The van der Waals surface area contributed by atoms with E-state index in [-0.39, 0.29) is 0 Å². The molecule has 88 valence electrons. The minimum atomic E-state index is 0.319. The molecule has 2 heterocycles. The molecule has 1 aliphatic rings. The van der Waals surface area contributed by atoms with Gasteiger partial charge in [0.05, 0.1) is 12.3 Å². The van der Waals surface area contributed by atoms with Gasteiger partial charge in [0, 0.05) is 18.1 Å². The lowest BCUT2D eigenvalue weighted by Crippen LogP contribution is -2.31. The summed E-state index contributed by atoms with van der Waals surface area (Å²) in [6.07, 6.45) is 9.38. The molecule has 2 rings (SSSR count). The van der Waals surface area contributed by atoms with E-state index in [0.717, 1.165) is 25.8 Å². The van der Waals surface area contributed by atoms with Gasteiger partial charge in [0.1, 0.15) is 11.1 Å². The highest BCUT2D eigenvalue weighted by atomic mass is 32.1. The Morgan fingerprint density at radius 1 is 1.69 bits per heavy atom. The van der Waals surface area contributed by atoms with Crippen molar-refractivity contribution in [2.75, 3.05) is 6.54 Å². The highest BCUT2D eigenvalue weighted by Gasteiger charge is 2.15. The summed E-state index contributed by atoms with van der Waals surface area (Å²) in [7, 11) is 0. The van der Waals surface area contributed by atoms with Crippen LogP contribution in [0.4, 0.5) is 0 Å². The molecular weight excluding hydrogens is 220 g/mol. The summed E-state index contributed by atoms with van der Waals surface area (Å²) >= 11 is 1.71. The van der Waals surface area contributed by atoms with Gasteiger partial charge in [0.2, 0.25) is 0 Å². The monoisotopic (exact) mass is 238 g/mol. The van der Waals surface area contributed by atoms with E-state index in [2.05, 4.69) is 23.3 Å². The maximum Gasteiger partial charge on any atom is 0.110 e. The predicted molar refractivity (Wildman–Crippen MR) is 66.4 cm³/mol. The first-order chi connectivity index (χ1) is 7.90. The number of hydrogen-bond acceptors (Lipinski definition) is 4. The fourth-order valence-corrected chi connectivity index (χ4v) is 2.62. The van der Waals surface area contributed by atoms with Crippen LogP contribution in [0.2, 0.25) is 0 Å². The van der Waals surface area contributed by atoms with E-state index < -0.39 is 0 Å². The number of allylic oxidation sites excluding steroid dienone is 1. The molecule has 3 nitrogen and oxygen atoms in total. The van der Waals surface area contributed by atoms with E-state index in [0.29, 0.717) is 12.1 Å². The number of nitrogens with one attached hydrogen (secondary N) is 1. The largest absolute Gasteiger partial charge is 0.497 e. The fraction of sp³-hybridized carbons (Fsp3) is 0.583. The van der Waals surface area contributed by atoms with Crippen LogP contribution in [0.5, 0.6) is 0 Å². The number of hydrogen-bond donors (Lipinski definition) is 1. The van der Waals surface area contributed by atoms with Gasteiger partial charge in [0.15, 0.2) is 0 Å². The quantitative estimate of drug-likeness (QED) is 0.856. The Labute approximate surface area is 101 Å². The smallest absolute Gasteiger partial charge is 0.110 e. The maximum atomic E-state index is 5.53. The molecule has 0 spiro atoms. The van der Waals surface area contributed by atoms with Crippen LogP contribution in [0.1, 0.15) is 37.2 Å². The van der Waals surface area contributed by atoms with E-state index in [4.69, 9.17) is 4.74 Å². The van der Waals surface area contributed by atoms with Crippen LogP contribution >= 0.6 is 11.3 Å². The van der Waals surface area contributed by atoms with E-state index in [9.17, 15) is 0 Å². The van der Waals surface area contributed by atoms with Crippen LogP contribution in [-0.2, 0) is 4.74 Å². The van der Waals surface area contributed by atoms with Crippen molar-refractivity contribution in [3.63, 3.8) is 0 Å². The number of thiazole rings is 1.